The number of carbonyl (C=O) groups is 2. The zero-order chi connectivity index (χ0) is 20.2. The molecule has 9 heteroatoms. The molecule has 2 aliphatic rings. The van der Waals surface area contributed by atoms with Gasteiger partial charge in [0.05, 0.1) is 6.54 Å². The van der Waals surface area contributed by atoms with Crippen LogP contribution in [0.15, 0.2) is 28.8 Å². The van der Waals surface area contributed by atoms with Crippen LogP contribution in [0.4, 0.5) is 0 Å². The maximum Gasteiger partial charge on any atom is 0.246 e. The number of nitrogens with zero attached hydrogens (tertiary/aromatic N) is 3. The molecule has 0 unspecified atom stereocenters. The summed E-state index contributed by atoms with van der Waals surface area (Å²) in [5.74, 6) is 2.07. The van der Waals surface area contributed by atoms with Crippen molar-refractivity contribution < 1.29 is 23.6 Å². The first-order valence-electron chi connectivity index (χ1n) is 9.52. The summed E-state index contributed by atoms with van der Waals surface area (Å²) in [7, 11) is 0. The summed E-state index contributed by atoms with van der Waals surface area (Å²) in [4.78, 5) is 30.6. The molecular weight excluding hydrogens is 376 g/mol. The topological polar surface area (TPSA) is 107 Å². The molecule has 3 heterocycles. The van der Waals surface area contributed by atoms with Crippen LogP contribution in [-0.4, -0.2) is 46.7 Å². The lowest BCUT2D eigenvalue weighted by Crippen LogP contribution is -2.42. The molecule has 2 amide bonds. The van der Waals surface area contributed by atoms with Crippen LogP contribution in [0.3, 0.4) is 0 Å². The van der Waals surface area contributed by atoms with E-state index < -0.39 is 0 Å². The van der Waals surface area contributed by atoms with Gasteiger partial charge >= 0.3 is 0 Å². The van der Waals surface area contributed by atoms with Gasteiger partial charge in [0.1, 0.15) is 0 Å². The highest BCUT2D eigenvalue weighted by Crippen LogP contribution is 2.32. The number of amides is 2. The van der Waals surface area contributed by atoms with Crippen LogP contribution in [-0.2, 0) is 16.1 Å². The Morgan fingerprint density at radius 3 is 2.79 bits per heavy atom. The molecule has 2 aromatic rings. The van der Waals surface area contributed by atoms with Gasteiger partial charge in [0.15, 0.2) is 17.3 Å². The summed E-state index contributed by atoms with van der Waals surface area (Å²) in [5.41, 5.74) is 0.869. The highest BCUT2D eigenvalue weighted by atomic mass is 16.7. The monoisotopic (exact) mass is 398 g/mol. The maximum absolute atomic E-state index is 12.4. The highest BCUT2D eigenvalue weighted by molar-refractivity contribution is 5.92. The van der Waals surface area contributed by atoms with Gasteiger partial charge in [-0.15, -0.1) is 0 Å². The molecule has 0 aliphatic carbocycles. The number of hydrogen-bond donors (Lipinski definition) is 1. The Morgan fingerprint density at radius 1 is 1.24 bits per heavy atom. The van der Waals surface area contributed by atoms with Gasteiger partial charge in [0.2, 0.25) is 24.5 Å². The van der Waals surface area contributed by atoms with Gasteiger partial charge in [0.25, 0.3) is 0 Å². The third-order valence-corrected chi connectivity index (χ3v) is 4.98. The second kappa shape index (κ2) is 8.34. The lowest BCUT2D eigenvalue weighted by atomic mass is 9.96. The van der Waals surface area contributed by atoms with Gasteiger partial charge < -0.3 is 24.2 Å². The van der Waals surface area contributed by atoms with E-state index in [1.165, 1.54) is 0 Å². The molecule has 4 rings (SSSR count). The van der Waals surface area contributed by atoms with Crippen molar-refractivity contribution in [3.05, 3.63) is 41.6 Å². The van der Waals surface area contributed by atoms with E-state index in [1.54, 1.807) is 24.0 Å². The summed E-state index contributed by atoms with van der Waals surface area (Å²) >= 11 is 0. The number of fused-ring (bicyclic) bond motifs is 1. The van der Waals surface area contributed by atoms with Gasteiger partial charge in [-0.05, 0) is 43.5 Å². The quantitative estimate of drug-likeness (QED) is 0.764. The van der Waals surface area contributed by atoms with E-state index in [0.29, 0.717) is 49.1 Å². The van der Waals surface area contributed by atoms with E-state index in [-0.39, 0.29) is 31.1 Å². The number of likely N-dealkylation sites (tertiary alicyclic amines) is 1. The van der Waals surface area contributed by atoms with Crippen molar-refractivity contribution in [2.75, 3.05) is 19.9 Å². The van der Waals surface area contributed by atoms with E-state index in [9.17, 15) is 9.59 Å². The summed E-state index contributed by atoms with van der Waals surface area (Å²) in [6.45, 7) is 3.25. The molecule has 1 aromatic carbocycles. The highest BCUT2D eigenvalue weighted by Gasteiger charge is 2.26. The largest absolute Gasteiger partial charge is 0.454 e. The van der Waals surface area contributed by atoms with Gasteiger partial charge in [-0.3, -0.25) is 9.59 Å². The standard InChI is InChI=1S/C20H22N4O5/c1-13-22-18(29-23-13)11-21-20(26)15-6-8-24(9-7-15)19(25)5-3-14-2-4-16-17(10-14)28-12-27-16/h2-5,10,15H,6-9,11-12H2,1H3,(H,21,26)/b5-3+. The van der Waals surface area contributed by atoms with Crippen LogP contribution in [0.2, 0.25) is 0 Å². The summed E-state index contributed by atoms with van der Waals surface area (Å²) in [6.07, 6.45) is 4.56. The Kier molecular flexibility index (Phi) is 5.46. The molecule has 152 valence electrons. The molecule has 0 spiro atoms. The first kappa shape index (κ1) is 19.0. The van der Waals surface area contributed by atoms with E-state index in [0.717, 1.165) is 5.56 Å². The van der Waals surface area contributed by atoms with Crippen molar-refractivity contribution in [3.8, 4) is 11.5 Å². The molecule has 0 saturated carbocycles. The number of aromatic nitrogens is 2. The zero-order valence-electron chi connectivity index (χ0n) is 16.1. The Balaban J connectivity index is 1.24. The smallest absolute Gasteiger partial charge is 0.246 e. The fraction of sp³-hybridized carbons (Fsp3) is 0.400. The van der Waals surface area contributed by atoms with Crippen molar-refractivity contribution in [2.45, 2.75) is 26.3 Å². The molecule has 1 aromatic heterocycles. The van der Waals surface area contributed by atoms with E-state index in [2.05, 4.69) is 15.5 Å². The first-order chi connectivity index (χ1) is 14.1. The number of hydrogen-bond acceptors (Lipinski definition) is 7. The van der Waals surface area contributed by atoms with Crippen molar-refractivity contribution in [1.82, 2.24) is 20.4 Å². The molecule has 0 radical (unpaired) electrons. The average molecular weight is 398 g/mol. The molecule has 1 saturated heterocycles. The minimum atomic E-state index is -0.124. The maximum atomic E-state index is 12.4. The fourth-order valence-corrected chi connectivity index (χ4v) is 3.37. The molecule has 1 fully saturated rings. The normalized spacial score (nSPS) is 16.4. The average Bonchev–Trinajstić information content (AvgIpc) is 3.38. The summed E-state index contributed by atoms with van der Waals surface area (Å²) < 4.78 is 15.6. The lowest BCUT2D eigenvalue weighted by Gasteiger charge is -2.30. The second-order valence-corrected chi connectivity index (χ2v) is 7.00. The van der Waals surface area contributed by atoms with Crippen LogP contribution in [0.5, 0.6) is 11.5 Å². The zero-order valence-corrected chi connectivity index (χ0v) is 16.1. The minimum Gasteiger partial charge on any atom is -0.454 e. The Morgan fingerprint density at radius 2 is 2.03 bits per heavy atom. The van der Waals surface area contributed by atoms with Crippen LogP contribution >= 0.6 is 0 Å². The second-order valence-electron chi connectivity index (χ2n) is 7.00. The van der Waals surface area contributed by atoms with Crippen LogP contribution in [0, 0.1) is 12.8 Å². The third kappa shape index (κ3) is 4.56. The summed E-state index contributed by atoms with van der Waals surface area (Å²) in [5, 5.41) is 6.51. The minimum absolute atomic E-state index is 0.0520. The van der Waals surface area contributed by atoms with Crippen LogP contribution < -0.4 is 14.8 Å². The molecule has 1 N–H and O–H groups in total. The molecular formula is C20H22N4O5. The number of nitrogens with one attached hydrogen (secondary N) is 1. The first-order valence-corrected chi connectivity index (χ1v) is 9.52. The SMILES string of the molecule is Cc1noc(CNC(=O)C2CCN(C(=O)/C=C/c3ccc4c(c3)OCO4)CC2)n1. The number of benzene rings is 1. The molecule has 9 nitrogen and oxygen atoms in total. The van der Waals surface area contributed by atoms with E-state index in [4.69, 9.17) is 14.0 Å². The van der Waals surface area contributed by atoms with Gasteiger partial charge in [-0.1, -0.05) is 11.2 Å². The predicted molar refractivity (Wildman–Crippen MR) is 102 cm³/mol. The molecule has 0 bridgehead atoms. The molecule has 29 heavy (non-hydrogen) atoms. The van der Waals surface area contributed by atoms with Crippen molar-refractivity contribution >= 4 is 17.9 Å². The molecule has 2 aliphatic heterocycles. The van der Waals surface area contributed by atoms with Crippen molar-refractivity contribution in [3.63, 3.8) is 0 Å². The summed E-state index contributed by atoms with van der Waals surface area (Å²) in [6, 6.07) is 5.54. The van der Waals surface area contributed by atoms with E-state index >= 15 is 0 Å². The Hall–Kier alpha value is -3.36. The predicted octanol–water partition coefficient (Wildman–Crippen LogP) is 1.67. The van der Waals surface area contributed by atoms with E-state index in [1.807, 2.05) is 18.2 Å². The van der Waals surface area contributed by atoms with Crippen molar-refractivity contribution in [2.24, 2.45) is 5.92 Å². The number of ether oxygens (including phenoxy) is 2. The van der Waals surface area contributed by atoms with Crippen LogP contribution in [0.1, 0.15) is 30.1 Å². The lowest BCUT2D eigenvalue weighted by molar-refractivity contribution is -0.132. The van der Waals surface area contributed by atoms with Crippen LogP contribution in [0.25, 0.3) is 6.08 Å². The van der Waals surface area contributed by atoms with Gasteiger partial charge in [-0.2, -0.15) is 4.98 Å². The Labute approximate surface area is 167 Å². The van der Waals surface area contributed by atoms with Gasteiger partial charge in [-0.25, -0.2) is 0 Å². The number of rotatable bonds is 5. The number of piperidine rings is 1. The molecule has 0 atom stereocenters. The number of aryl methyl sites for hydroxylation is 1. The number of carbonyl (C=O) groups excluding carboxylic acids is 2. The fourth-order valence-electron chi connectivity index (χ4n) is 3.37. The third-order valence-electron chi connectivity index (χ3n) is 4.98. The van der Waals surface area contributed by atoms with Gasteiger partial charge in [0, 0.05) is 25.1 Å². The Bertz CT molecular complexity index is 931. The van der Waals surface area contributed by atoms with Crippen molar-refractivity contribution in [1.29, 1.82) is 0 Å².